The summed E-state index contributed by atoms with van der Waals surface area (Å²) in [4.78, 5) is 23.6. The Morgan fingerprint density at radius 3 is 2.83 bits per heavy atom. The molecule has 0 aliphatic heterocycles. The first-order chi connectivity index (χ1) is 11.1. The molecule has 0 aliphatic carbocycles. The zero-order chi connectivity index (χ0) is 16.2. The number of carbonyl (C=O) groups excluding carboxylic acids is 1. The van der Waals surface area contributed by atoms with Gasteiger partial charge < -0.3 is 9.15 Å². The first kappa shape index (κ1) is 15.0. The van der Waals surface area contributed by atoms with Crippen LogP contribution in [0.5, 0.6) is 0 Å². The van der Waals surface area contributed by atoms with Crippen LogP contribution in [0.4, 0.5) is 4.39 Å². The van der Waals surface area contributed by atoms with Crippen LogP contribution in [0.2, 0.25) is 0 Å². The SMILES string of the molecule is O=C(CCn1c(=O)oc2ccccc21)OCc1cccc(F)c1. The Morgan fingerprint density at radius 2 is 2.00 bits per heavy atom. The molecule has 0 saturated heterocycles. The molecule has 5 nitrogen and oxygen atoms in total. The number of nitrogens with zero attached hydrogens (tertiary/aromatic N) is 1. The minimum absolute atomic E-state index is 0.00235. The second-order valence-electron chi connectivity index (χ2n) is 5.03. The summed E-state index contributed by atoms with van der Waals surface area (Å²) in [5.41, 5.74) is 1.69. The van der Waals surface area contributed by atoms with Gasteiger partial charge in [0.1, 0.15) is 12.4 Å². The van der Waals surface area contributed by atoms with Crippen molar-refractivity contribution < 1.29 is 18.3 Å². The van der Waals surface area contributed by atoms with Gasteiger partial charge in [-0.15, -0.1) is 0 Å². The lowest BCUT2D eigenvalue weighted by atomic mass is 10.2. The molecule has 3 rings (SSSR count). The van der Waals surface area contributed by atoms with E-state index in [-0.39, 0.29) is 25.4 Å². The summed E-state index contributed by atoms with van der Waals surface area (Å²) in [7, 11) is 0. The third-order valence-electron chi connectivity index (χ3n) is 3.40. The molecule has 118 valence electrons. The molecular formula is C17H14FNO4. The van der Waals surface area contributed by atoms with E-state index in [1.165, 1.54) is 16.7 Å². The molecule has 0 fully saturated rings. The number of carbonyl (C=O) groups is 1. The highest BCUT2D eigenvalue weighted by Crippen LogP contribution is 2.12. The molecule has 2 aromatic carbocycles. The van der Waals surface area contributed by atoms with Crippen molar-refractivity contribution in [2.75, 3.05) is 0 Å². The predicted molar refractivity (Wildman–Crippen MR) is 81.3 cm³/mol. The number of fused-ring (bicyclic) bond motifs is 1. The van der Waals surface area contributed by atoms with Crippen LogP contribution in [-0.2, 0) is 22.7 Å². The van der Waals surface area contributed by atoms with Crippen LogP contribution in [0.15, 0.2) is 57.7 Å². The van der Waals surface area contributed by atoms with Crippen molar-refractivity contribution >= 4 is 17.1 Å². The van der Waals surface area contributed by atoms with E-state index >= 15 is 0 Å². The van der Waals surface area contributed by atoms with Gasteiger partial charge >= 0.3 is 11.7 Å². The molecule has 6 heteroatoms. The highest BCUT2D eigenvalue weighted by molar-refractivity contribution is 5.73. The topological polar surface area (TPSA) is 61.4 Å². The normalized spacial score (nSPS) is 10.8. The number of hydrogen-bond donors (Lipinski definition) is 0. The monoisotopic (exact) mass is 315 g/mol. The maximum absolute atomic E-state index is 13.0. The average Bonchev–Trinajstić information content (AvgIpc) is 2.86. The Hall–Kier alpha value is -2.89. The van der Waals surface area contributed by atoms with E-state index in [4.69, 9.17) is 9.15 Å². The second-order valence-corrected chi connectivity index (χ2v) is 5.03. The third kappa shape index (κ3) is 3.48. The summed E-state index contributed by atoms with van der Waals surface area (Å²) in [5, 5.41) is 0. The van der Waals surface area contributed by atoms with Gasteiger partial charge in [-0.1, -0.05) is 24.3 Å². The van der Waals surface area contributed by atoms with Crippen LogP contribution in [0.1, 0.15) is 12.0 Å². The summed E-state index contributed by atoms with van der Waals surface area (Å²) in [6.07, 6.45) is 0.0265. The van der Waals surface area contributed by atoms with Crippen LogP contribution in [0.25, 0.3) is 11.1 Å². The van der Waals surface area contributed by atoms with Crippen LogP contribution in [0, 0.1) is 5.82 Å². The quantitative estimate of drug-likeness (QED) is 0.679. The fraction of sp³-hybridized carbons (Fsp3) is 0.176. The molecule has 0 aliphatic rings. The van der Waals surface area contributed by atoms with Crippen molar-refractivity contribution in [2.45, 2.75) is 19.6 Å². The number of benzene rings is 2. The first-order valence-corrected chi connectivity index (χ1v) is 7.12. The summed E-state index contributed by atoms with van der Waals surface area (Å²) in [5.74, 6) is -1.36. The fourth-order valence-corrected chi connectivity index (χ4v) is 2.29. The molecule has 0 radical (unpaired) electrons. The maximum atomic E-state index is 13.0. The molecular weight excluding hydrogens is 301 g/mol. The van der Waals surface area contributed by atoms with Gasteiger partial charge in [0.2, 0.25) is 0 Å². The second kappa shape index (κ2) is 6.48. The number of oxazole rings is 1. The molecule has 0 saturated carbocycles. The number of esters is 1. The van der Waals surface area contributed by atoms with Crippen molar-refractivity contribution in [2.24, 2.45) is 0 Å². The maximum Gasteiger partial charge on any atom is 0.419 e. The van der Waals surface area contributed by atoms with Gasteiger partial charge in [0.25, 0.3) is 0 Å². The molecule has 0 unspecified atom stereocenters. The van der Waals surface area contributed by atoms with Crippen LogP contribution >= 0.6 is 0 Å². The van der Waals surface area contributed by atoms with Crippen LogP contribution in [-0.4, -0.2) is 10.5 Å². The molecule has 3 aromatic rings. The van der Waals surface area contributed by atoms with Crippen molar-refractivity contribution in [3.63, 3.8) is 0 Å². The third-order valence-corrected chi connectivity index (χ3v) is 3.40. The molecule has 0 atom stereocenters. The zero-order valence-electron chi connectivity index (χ0n) is 12.2. The molecule has 1 heterocycles. The number of para-hydroxylation sites is 2. The summed E-state index contributed by atoms with van der Waals surface area (Å²) < 4.78 is 24.6. The van der Waals surface area contributed by atoms with E-state index < -0.39 is 11.7 Å². The van der Waals surface area contributed by atoms with Crippen molar-refractivity contribution in [1.29, 1.82) is 0 Å². The largest absolute Gasteiger partial charge is 0.461 e. The predicted octanol–water partition coefficient (Wildman–Crippen LogP) is 2.87. The first-order valence-electron chi connectivity index (χ1n) is 7.12. The minimum Gasteiger partial charge on any atom is -0.461 e. The smallest absolute Gasteiger partial charge is 0.419 e. The van der Waals surface area contributed by atoms with Gasteiger partial charge in [-0.2, -0.15) is 0 Å². The lowest BCUT2D eigenvalue weighted by Gasteiger charge is -2.05. The number of aromatic nitrogens is 1. The van der Waals surface area contributed by atoms with Gasteiger partial charge in [-0.25, -0.2) is 9.18 Å². The van der Waals surface area contributed by atoms with Crippen LogP contribution in [0.3, 0.4) is 0 Å². The fourth-order valence-electron chi connectivity index (χ4n) is 2.29. The molecule has 0 N–H and O–H groups in total. The Kier molecular flexibility index (Phi) is 4.23. The van der Waals surface area contributed by atoms with Crippen molar-refractivity contribution in [3.8, 4) is 0 Å². The summed E-state index contributed by atoms with van der Waals surface area (Å²) >= 11 is 0. The van der Waals surface area contributed by atoms with Gasteiger partial charge in [0, 0.05) is 6.54 Å². The Labute approximate surface area is 130 Å². The van der Waals surface area contributed by atoms with Crippen molar-refractivity contribution in [3.05, 3.63) is 70.5 Å². The Balaban J connectivity index is 1.60. The van der Waals surface area contributed by atoms with Gasteiger partial charge in [-0.05, 0) is 29.8 Å². The molecule has 1 aromatic heterocycles. The van der Waals surface area contributed by atoms with Gasteiger partial charge in [0.05, 0.1) is 11.9 Å². The molecule has 0 amide bonds. The molecule has 0 spiro atoms. The highest BCUT2D eigenvalue weighted by Gasteiger charge is 2.11. The lowest BCUT2D eigenvalue weighted by Crippen LogP contribution is -2.17. The molecule has 0 bridgehead atoms. The number of aryl methyl sites for hydroxylation is 1. The number of hydrogen-bond acceptors (Lipinski definition) is 4. The standard InChI is InChI=1S/C17H14FNO4/c18-13-5-3-4-12(10-13)11-22-16(20)8-9-19-14-6-1-2-7-15(14)23-17(19)21/h1-7,10H,8-9,11H2. The highest BCUT2D eigenvalue weighted by atomic mass is 19.1. The van der Waals surface area contributed by atoms with E-state index in [1.807, 2.05) is 0 Å². The number of ether oxygens (including phenoxy) is 1. The number of halogens is 1. The zero-order valence-corrected chi connectivity index (χ0v) is 12.2. The lowest BCUT2D eigenvalue weighted by molar-refractivity contribution is -0.145. The molecule has 23 heavy (non-hydrogen) atoms. The summed E-state index contributed by atoms with van der Waals surface area (Å²) in [6.45, 7) is 0.162. The van der Waals surface area contributed by atoms with E-state index in [0.717, 1.165) is 0 Å². The average molecular weight is 315 g/mol. The minimum atomic E-state index is -0.510. The van der Waals surface area contributed by atoms with Gasteiger partial charge in [0.15, 0.2) is 5.58 Å². The van der Waals surface area contributed by atoms with Crippen LogP contribution < -0.4 is 5.76 Å². The van der Waals surface area contributed by atoms with Gasteiger partial charge in [-0.3, -0.25) is 9.36 Å². The number of rotatable bonds is 5. The summed E-state index contributed by atoms with van der Waals surface area (Å²) in [6, 6.07) is 12.8. The van der Waals surface area contributed by atoms with E-state index in [0.29, 0.717) is 16.7 Å². The Bertz CT molecular complexity index is 897. The van der Waals surface area contributed by atoms with E-state index in [1.54, 1.807) is 36.4 Å². The van der Waals surface area contributed by atoms with E-state index in [9.17, 15) is 14.0 Å². The van der Waals surface area contributed by atoms with Crippen molar-refractivity contribution in [1.82, 2.24) is 4.57 Å². The van der Waals surface area contributed by atoms with E-state index in [2.05, 4.69) is 0 Å². The Morgan fingerprint density at radius 1 is 1.17 bits per heavy atom.